The second-order valence-electron chi connectivity index (χ2n) is 6.08. The van der Waals surface area contributed by atoms with Crippen molar-refractivity contribution in [2.45, 2.75) is 38.1 Å². The molecule has 2 aromatic rings. The molecule has 0 aliphatic carbocycles. The van der Waals surface area contributed by atoms with Crippen molar-refractivity contribution >= 4 is 16.7 Å². The van der Waals surface area contributed by atoms with E-state index >= 15 is 0 Å². The van der Waals surface area contributed by atoms with Crippen LogP contribution in [0.5, 0.6) is 0 Å². The van der Waals surface area contributed by atoms with Crippen molar-refractivity contribution in [3.63, 3.8) is 0 Å². The first-order valence-corrected chi connectivity index (χ1v) is 7.66. The van der Waals surface area contributed by atoms with E-state index in [1.54, 1.807) is 0 Å². The van der Waals surface area contributed by atoms with Crippen molar-refractivity contribution in [1.29, 1.82) is 0 Å². The topological polar surface area (TPSA) is 36.1 Å². The van der Waals surface area contributed by atoms with E-state index in [1.807, 2.05) is 6.07 Å². The Labute approximate surface area is 119 Å². The third-order valence-corrected chi connectivity index (χ3v) is 5.30. The van der Waals surface area contributed by atoms with Crippen molar-refractivity contribution in [1.82, 2.24) is 9.88 Å². The van der Waals surface area contributed by atoms with Crippen LogP contribution in [-0.4, -0.2) is 34.3 Å². The fourth-order valence-electron chi connectivity index (χ4n) is 4.21. The zero-order chi connectivity index (χ0) is 13.7. The molecule has 3 heterocycles. The number of hydrogen-bond donors (Lipinski definition) is 1. The summed E-state index contributed by atoms with van der Waals surface area (Å²) < 4.78 is 0. The number of carbonyl (C=O) groups excluding carboxylic acids is 1. The van der Waals surface area contributed by atoms with Crippen LogP contribution < -0.4 is 0 Å². The van der Waals surface area contributed by atoms with E-state index in [-0.39, 0.29) is 5.54 Å². The second kappa shape index (κ2) is 4.19. The maximum absolute atomic E-state index is 13.2. The molecule has 1 aromatic heterocycles. The fourth-order valence-corrected chi connectivity index (χ4v) is 4.21. The number of carbonyl (C=O) groups is 1. The summed E-state index contributed by atoms with van der Waals surface area (Å²) in [5, 5.41) is 1.23. The molecule has 0 spiro atoms. The normalized spacial score (nSPS) is 26.6. The molecule has 1 unspecified atom stereocenters. The van der Waals surface area contributed by atoms with E-state index in [2.05, 4.69) is 35.0 Å². The number of aromatic amines is 1. The number of hydrogen-bond acceptors (Lipinski definition) is 2. The summed E-state index contributed by atoms with van der Waals surface area (Å²) in [7, 11) is 0. The quantitative estimate of drug-likeness (QED) is 0.862. The first kappa shape index (κ1) is 12.2. The zero-order valence-corrected chi connectivity index (χ0v) is 11.9. The molecule has 1 aromatic carbocycles. The summed E-state index contributed by atoms with van der Waals surface area (Å²) in [6.07, 6.45) is 4.06. The Hall–Kier alpha value is -1.61. The molecule has 0 bridgehead atoms. The van der Waals surface area contributed by atoms with Gasteiger partial charge in [0.2, 0.25) is 0 Å². The summed E-state index contributed by atoms with van der Waals surface area (Å²) in [4.78, 5) is 19.0. The lowest BCUT2D eigenvalue weighted by molar-refractivity contribution is 0.0669. The Bertz CT molecular complexity index is 687. The number of H-pyrrole nitrogens is 1. The Morgan fingerprint density at radius 1 is 1.30 bits per heavy atom. The van der Waals surface area contributed by atoms with Crippen LogP contribution >= 0.6 is 0 Å². The van der Waals surface area contributed by atoms with Crippen molar-refractivity contribution in [3.8, 4) is 0 Å². The largest absolute Gasteiger partial charge is 0.352 e. The number of nitrogens with one attached hydrogen (secondary N) is 1. The lowest BCUT2D eigenvalue weighted by Gasteiger charge is -2.34. The molecule has 1 atom stereocenters. The standard InChI is InChI=1S/C17H20N2O/c1-2-17-9-5-10-19(17)11-8-13-12-6-3-4-7-14(12)18-15(13)16(17)20/h3-4,6-7,18H,2,5,8-11H2,1H3. The molecular weight excluding hydrogens is 248 g/mol. The predicted molar refractivity (Wildman–Crippen MR) is 80.2 cm³/mol. The highest BCUT2D eigenvalue weighted by Crippen LogP contribution is 2.39. The molecule has 0 saturated carbocycles. The molecule has 4 rings (SSSR count). The number of benzene rings is 1. The molecule has 1 saturated heterocycles. The highest BCUT2D eigenvalue weighted by atomic mass is 16.1. The van der Waals surface area contributed by atoms with Gasteiger partial charge in [0.25, 0.3) is 0 Å². The van der Waals surface area contributed by atoms with Crippen molar-refractivity contribution < 1.29 is 4.79 Å². The maximum Gasteiger partial charge on any atom is 0.199 e. The van der Waals surface area contributed by atoms with Crippen LogP contribution in [0.4, 0.5) is 0 Å². The highest BCUT2D eigenvalue weighted by Gasteiger charge is 2.48. The second-order valence-corrected chi connectivity index (χ2v) is 6.08. The van der Waals surface area contributed by atoms with Crippen LogP contribution in [0.25, 0.3) is 10.9 Å². The van der Waals surface area contributed by atoms with Gasteiger partial charge >= 0.3 is 0 Å². The van der Waals surface area contributed by atoms with Gasteiger partial charge in [-0.1, -0.05) is 25.1 Å². The Morgan fingerprint density at radius 2 is 2.15 bits per heavy atom. The summed E-state index contributed by atoms with van der Waals surface area (Å²) in [6.45, 7) is 4.24. The van der Waals surface area contributed by atoms with Gasteiger partial charge in [0.15, 0.2) is 5.78 Å². The van der Waals surface area contributed by atoms with Gasteiger partial charge in [-0.05, 0) is 43.9 Å². The zero-order valence-electron chi connectivity index (χ0n) is 11.9. The summed E-state index contributed by atoms with van der Waals surface area (Å²) in [5.41, 5.74) is 2.96. The maximum atomic E-state index is 13.2. The minimum Gasteiger partial charge on any atom is -0.352 e. The molecule has 3 heteroatoms. The van der Waals surface area contributed by atoms with E-state index in [0.717, 1.165) is 50.0 Å². The van der Waals surface area contributed by atoms with Crippen LogP contribution in [-0.2, 0) is 6.42 Å². The molecule has 0 amide bonds. The lowest BCUT2D eigenvalue weighted by Crippen LogP contribution is -2.49. The van der Waals surface area contributed by atoms with E-state index in [4.69, 9.17) is 0 Å². The number of aromatic nitrogens is 1. The van der Waals surface area contributed by atoms with Crippen molar-refractivity contribution in [3.05, 3.63) is 35.5 Å². The summed E-state index contributed by atoms with van der Waals surface area (Å²) in [5.74, 6) is 0.321. The molecule has 104 valence electrons. The molecule has 20 heavy (non-hydrogen) atoms. The average Bonchev–Trinajstić information content (AvgIpc) is 3.03. The van der Waals surface area contributed by atoms with Crippen LogP contribution in [0, 0.1) is 0 Å². The SMILES string of the molecule is CCC12CCCN1CCc1c([nH]c3ccccc13)C2=O. The first-order chi connectivity index (χ1) is 9.76. The predicted octanol–water partition coefficient (Wildman–Crippen LogP) is 3.15. The van der Waals surface area contributed by atoms with Crippen LogP contribution in [0.3, 0.4) is 0 Å². The smallest absolute Gasteiger partial charge is 0.199 e. The monoisotopic (exact) mass is 268 g/mol. The van der Waals surface area contributed by atoms with E-state index < -0.39 is 0 Å². The number of para-hydroxylation sites is 1. The Kier molecular flexibility index (Phi) is 2.55. The molecule has 0 radical (unpaired) electrons. The first-order valence-electron chi connectivity index (χ1n) is 7.66. The van der Waals surface area contributed by atoms with Gasteiger partial charge in [0.05, 0.1) is 11.2 Å². The summed E-state index contributed by atoms with van der Waals surface area (Å²) in [6, 6.07) is 8.29. The van der Waals surface area contributed by atoms with Gasteiger partial charge in [-0.2, -0.15) is 0 Å². The molecule has 3 nitrogen and oxygen atoms in total. The van der Waals surface area contributed by atoms with Crippen LogP contribution in [0.15, 0.2) is 24.3 Å². The highest BCUT2D eigenvalue weighted by molar-refractivity contribution is 6.07. The average molecular weight is 268 g/mol. The molecule has 1 fully saturated rings. The third-order valence-electron chi connectivity index (χ3n) is 5.30. The number of fused-ring (bicyclic) bond motifs is 4. The number of nitrogens with zero attached hydrogens (tertiary/aromatic N) is 1. The summed E-state index contributed by atoms with van der Waals surface area (Å²) >= 11 is 0. The Balaban J connectivity index is 1.94. The third kappa shape index (κ3) is 1.41. The number of ketones is 1. The minimum absolute atomic E-state index is 0.244. The number of Topliss-reactive ketones (excluding diaryl/α,β-unsaturated/α-hetero) is 1. The number of rotatable bonds is 1. The van der Waals surface area contributed by atoms with Gasteiger partial charge < -0.3 is 4.98 Å². The Morgan fingerprint density at radius 3 is 3.00 bits per heavy atom. The van der Waals surface area contributed by atoms with Crippen molar-refractivity contribution in [2.24, 2.45) is 0 Å². The van der Waals surface area contributed by atoms with Gasteiger partial charge in [-0.3, -0.25) is 9.69 Å². The van der Waals surface area contributed by atoms with Crippen LogP contribution in [0.1, 0.15) is 42.2 Å². The fraction of sp³-hybridized carbons (Fsp3) is 0.471. The molecule has 2 aliphatic heterocycles. The molecule has 1 N–H and O–H groups in total. The van der Waals surface area contributed by atoms with E-state index in [0.29, 0.717) is 5.78 Å². The van der Waals surface area contributed by atoms with Gasteiger partial charge in [0, 0.05) is 17.4 Å². The van der Waals surface area contributed by atoms with E-state index in [1.165, 1.54) is 10.9 Å². The van der Waals surface area contributed by atoms with Crippen molar-refractivity contribution in [2.75, 3.05) is 13.1 Å². The van der Waals surface area contributed by atoms with Gasteiger partial charge in [0.1, 0.15) is 0 Å². The van der Waals surface area contributed by atoms with Gasteiger partial charge in [-0.15, -0.1) is 0 Å². The molecule has 2 aliphatic rings. The van der Waals surface area contributed by atoms with E-state index in [9.17, 15) is 4.79 Å². The molecular formula is C17H20N2O. The minimum atomic E-state index is -0.244. The van der Waals surface area contributed by atoms with Gasteiger partial charge in [-0.25, -0.2) is 0 Å². The van der Waals surface area contributed by atoms with Crippen LogP contribution in [0.2, 0.25) is 0 Å². The lowest BCUT2D eigenvalue weighted by atomic mass is 9.86.